The van der Waals surface area contributed by atoms with E-state index in [2.05, 4.69) is 4.74 Å². The summed E-state index contributed by atoms with van der Waals surface area (Å²) in [6.07, 6.45) is 0. The van der Waals surface area contributed by atoms with Crippen molar-refractivity contribution in [2.24, 2.45) is 0 Å². The third-order valence-corrected chi connectivity index (χ3v) is 1.80. The van der Waals surface area contributed by atoms with Crippen molar-refractivity contribution < 1.29 is 22.7 Å². The lowest BCUT2D eigenvalue weighted by Crippen LogP contribution is -2.09. The number of ketones is 1. The molecule has 0 unspecified atom stereocenters. The average molecular weight is 229 g/mol. The van der Waals surface area contributed by atoms with Crippen molar-refractivity contribution in [1.82, 2.24) is 0 Å². The van der Waals surface area contributed by atoms with Crippen LogP contribution in [0.15, 0.2) is 12.1 Å². The normalized spacial score (nSPS) is 10.0. The molecule has 0 heterocycles. The lowest BCUT2D eigenvalue weighted by Gasteiger charge is -2.10. The van der Waals surface area contributed by atoms with Crippen LogP contribution in [0.3, 0.4) is 0 Å². The number of hydrogen-bond donors (Lipinski definition) is 0. The molecule has 0 amide bonds. The van der Waals surface area contributed by atoms with E-state index in [-0.39, 0.29) is 5.56 Å². The smallest absolute Gasteiger partial charge is 0.387 e. The highest BCUT2D eigenvalue weighted by Crippen LogP contribution is 2.28. The van der Waals surface area contributed by atoms with Crippen molar-refractivity contribution in [3.8, 4) is 11.8 Å². The van der Waals surface area contributed by atoms with Gasteiger partial charge in [0.1, 0.15) is 17.4 Å². The van der Waals surface area contributed by atoms with Gasteiger partial charge in [-0.25, -0.2) is 4.39 Å². The highest BCUT2D eigenvalue weighted by atomic mass is 19.3. The molecule has 0 aliphatic carbocycles. The number of nitriles is 1. The van der Waals surface area contributed by atoms with Gasteiger partial charge in [-0.2, -0.15) is 14.0 Å². The minimum absolute atomic E-state index is 0.252. The number of Topliss-reactive ketones (excluding diaryl/α,β-unsaturated/α-hetero) is 1. The Morgan fingerprint density at radius 3 is 2.56 bits per heavy atom. The summed E-state index contributed by atoms with van der Waals surface area (Å²) in [4.78, 5) is 11.1. The van der Waals surface area contributed by atoms with Crippen LogP contribution in [0, 0.1) is 17.1 Å². The van der Waals surface area contributed by atoms with Gasteiger partial charge in [0.2, 0.25) is 0 Å². The SMILES string of the molecule is CC(=O)c1ccc(F)c(C#N)c1OC(F)F. The molecule has 0 N–H and O–H groups in total. The van der Waals surface area contributed by atoms with Gasteiger partial charge in [-0.1, -0.05) is 0 Å². The Morgan fingerprint density at radius 1 is 1.50 bits per heavy atom. The highest BCUT2D eigenvalue weighted by Gasteiger charge is 2.20. The van der Waals surface area contributed by atoms with Crippen LogP contribution in [0.25, 0.3) is 0 Å². The van der Waals surface area contributed by atoms with E-state index in [0.717, 1.165) is 19.1 Å². The molecule has 0 saturated carbocycles. The molecular weight excluding hydrogens is 223 g/mol. The number of ether oxygens (including phenoxy) is 1. The topological polar surface area (TPSA) is 50.1 Å². The van der Waals surface area contributed by atoms with Gasteiger partial charge in [-0.05, 0) is 19.1 Å². The molecular formula is C10H6F3NO2. The second-order valence-corrected chi connectivity index (χ2v) is 2.85. The fourth-order valence-electron chi connectivity index (χ4n) is 1.15. The molecule has 6 heteroatoms. The molecule has 1 rings (SSSR count). The number of alkyl halides is 2. The summed E-state index contributed by atoms with van der Waals surface area (Å²) in [5.41, 5.74) is -0.953. The van der Waals surface area contributed by atoms with Crippen molar-refractivity contribution in [3.05, 3.63) is 29.1 Å². The molecule has 0 aromatic heterocycles. The summed E-state index contributed by atoms with van der Waals surface area (Å²) < 4.78 is 41.2. The fourth-order valence-corrected chi connectivity index (χ4v) is 1.15. The Labute approximate surface area is 89.1 Å². The first-order valence-corrected chi connectivity index (χ1v) is 4.15. The predicted molar refractivity (Wildman–Crippen MR) is 47.8 cm³/mol. The van der Waals surface area contributed by atoms with E-state index >= 15 is 0 Å². The maximum absolute atomic E-state index is 13.1. The van der Waals surface area contributed by atoms with Crippen LogP contribution < -0.4 is 4.74 Å². The number of halogens is 3. The Hall–Kier alpha value is -2.03. The van der Waals surface area contributed by atoms with Gasteiger partial charge in [0.25, 0.3) is 0 Å². The number of rotatable bonds is 3. The van der Waals surface area contributed by atoms with Crippen LogP contribution in [-0.2, 0) is 0 Å². The van der Waals surface area contributed by atoms with Crippen molar-refractivity contribution in [1.29, 1.82) is 5.26 Å². The van der Waals surface area contributed by atoms with Gasteiger partial charge in [0, 0.05) is 0 Å². The van der Waals surface area contributed by atoms with Crippen LogP contribution in [0.5, 0.6) is 5.75 Å². The Kier molecular flexibility index (Phi) is 3.51. The fraction of sp³-hybridized carbons (Fsp3) is 0.200. The predicted octanol–water partition coefficient (Wildman–Crippen LogP) is 2.50. The molecule has 16 heavy (non-hydrogen) atoms. The van der Waals surface area contributed by atoms with E-state index in [0.29, 0.717) is 0 Å². The van der Waals surface area contributed by atoms with Crippen molar-refractivity contribution in [3.63, 3.8) is 0 Å². The summed E-state index contributed by atoms with van der Waals surface area (Å²) in [7, 11) is 0. The maximum atomic E-state index is 13.1. The van der Waals surface area contributed by atoms with Crippen molar-refractivity contribution in [2.45, 2.75) is 13.5 Å². The number of benzene rings is 1. The summed E-state index contributed by atoms with van der Waals surface area (Å²) in [6.45, 7) is -2.13. The first-order valence-electron chi connectivity index (χ1n) is 4.15. The van der Waals surface area contributed by atoms with Crippen LogP contribution in [0.1, 0.15) is 22.8 Å². The molecule has 1 aromatic rings. The first kappa shape index (κ1) is 12.0. The minimum Gasteiger partial charge on any atom is -0.433 e. The number of nitrogens with zero attached hydrogens (tertiary/aromatic N) is 1. The van der Waals surface area contributed by atoms with Crippen LogP contribution >= 0.6 is 0 Å². The average Bonchev–Trinajstić information content (AvgIpc) is 2.16. The molecule has 84 valence electrons. The van der Waals surface area contributed by atoms with Crippen molar-refractivity contribution in [2.75, 3.05) is 0 Å². The van der Waals surface area contributed by atoms with Gasteiger partial charge in [-0.3, -0.25) is 4.79 Å². The monoisotopic (exact) mass is 229 g/mol. The van der Waals surface area contributed by atoms with E-state index in [1.165, 1.54) is 6.07 Å². The minimum atomic E-state index is -3.23. The molecule has 0 saturated heterocycles. The number of hydrogen-bond acceptors (Lipinski definition) is 3. The van der Waals surface area contributed by atoms with Gasteiger partial charge in [0.05, 0.1) is 5.56 Å². The van der Waals surface area contributed by atoms with E-state index in [1.54, 1.807) is 0 Å². The van der Waals surface area contributed by atoms with Gasteiger partial charge < -0.3 is 4.74 Å². The van der Waals surface area contributed by atoms with Crippen LogP contribution in [-0.4, -0.2) is 12.4 Å². The van der Waals surface area contributed by atoms with Crippen LogP contribution in [0.4, 0.5) is 13.2 Å². The number of carbonyl (C=O) groups is 1. The molecule has 0 aliphatic heterocycles. The molecule has 0 aliphatic rings. The van der Waals surface area contributed by atoms with Crippen molar-refractivity contribution >= 4 is 5.78 Å². The highest BCUT2D eigenvalue weighted by molar-refractivity contribution is 5.97. The molecule has 3 nitrogen and oxygen atoms in total. The van der Waals surface area contributed by atoms with E-state index < -0.39 is 29.5 Å². The summed E-state index contributed by atoms with van der Waals surface area (Å²) in [5.74, 6) is -2.32. The summed E-state index contributed by atoms with van der Waals surface area (Å²) in [5, 5.41) is 8.59. The Balaban J connectivity index is 3.42. The Bertz CT molecular complexity index is 466. The number of carbonyl (C=O) groups excluding carboxylic acids is 1. The molecule has 0 atom stereocenters. The van der Waals surface area contributed by atoms with E-state index in [9.17, 15) is 18.0 Å². The second kappa shape index (κ2) is 4.66. The van der Waals surface area contributed by atoms with E-state index in [4.69, 9.17) is 5.26 Å². The molecule has 0 bridgehead atoms. The largest absolute Gasteiger partial charge is 0.433 e. The third kappa shape index (κ3) is 2.31. The van der Waals surface area contributed by atoms with Crippen LogP contribution in [0.2, 0.25) is 0 Å². The molecule has 0 spiro atoms. The van der Waals surface area contributed by atoms with Gasteiger partial charge in [0.15, 0.2) is 11.5 Å². The quantitative estimate of drug-likeness (QED) is 0.748. The van der Waals surface area contributed by atoms with Gasteiger partial charge >= 0.3 is 6.61 Å². The zero-order valence-corrected chi connectivity index (χ0v) is 8.13. The second-order valence-electron chi connectivity index (χ2n) is 2.85. The zero-order valence-electron chi connectivity index (χ0n) is 8.13. The molecule has 0 fully saturated rings. The summed E-state index contributed by atoms with van der Waals surface area (Å²) in [6, 6.07) is 3.23. The summed E-state index contributed by atoms with van der Waals surface area (Å²) >= 11 is 0. The molecule has 1 aromatic carbocycles. The third-order valence-electron chi connectivity index (χ3n) is 1.80. The zero-order chi connectivity index (χ0) is 12.3. The standard InChI is InChI=1S/C10H6F3NO2/c1-5(15)6-2-3-8(11)7(4-14)9(6)16-10(12)13/h2-3,10H,1H3. The maximum Gasteiger partial charge on any atom is 0.387 e. The Morgan fingerprint density at radius 2 is 2.12 bits per heavy atom. The van der Waals surface area contributed by atoms with Gasteiger partial charge in [-0.15, -0.1) is 0 Å². The molecule has 0 radical (unpaired) electrons. The lowest BCUT2D eigenvalue weighted by molar-refractivity contribution is -0.0504. The lowest BCUT2D eigenvalue weighted by atomic mass is 10.1. The van der Waals surface area contributed by atoms with E-state index in [1.807, 2.05) is 0 Å². The first-order chi connectivity index (χ1) is 7.47.